The number of ether oxygens (including phenoxy) is 2. The number of ketones is 1. The summed E-state index contributed by atoms with van der Waals surface area (Å²) < 4.78 is 10.6. The number of nitrogens with zero attached hydrogens (tertiary/aromatic N) is 3. The number of benzene rings is 1. The summed E-state index contributed by atoms with van der Waals surface area (Å²) >= 11 is 0. The van der Waals surface area contributed by atoms with Crippen LogP contribution in [0.25, 0.3) is 5.76 Å². The number of Topliss-reactive ketones (excluding diaryl/α,β-unsaturated/α-hetero) is 1. The van der Waals surface area contributed by atoms with Gasteiger partial charge in [-0.15, -0.1) is 0 Å². The van der Waals surface area contributed by atoms with Crippen molar-refractivity contribution in [3.63, 3.8) is 0 Å². The number of carbonyl (C=O) groups is 2. The molecule has 1 aromatic heterocycles. The number of hydrogen-bond acceptors (Lipinski definition) is 7. The van der Waals surface area contributed by atoms with Crippen LogP contribution in [0.1, 0.15) is 28.6 Å². The molecular formula is C23H28N4O5. The van der Waals surface area contributed by atoms with Crippen LogP contribution in [0.4, 0.5) is 0 Å². The first-order valence-electron chi connectivity index (χ1n) is 10.7. The van der Waals surface area contributed by atoms with Gasteiger partial charge in [-0.2, -0.15) is 5.10 Å². The van der Waals surface area contributed by atoms with E-state index in [2.05, 4.69) is 15.1 Å². The monoisotopic (exact) mass is 440 g/mol. The van der Waals surface area contributed by atoms with Crippen LogP contribution in [0, 0.1) is 13.8 Å². The number of nitrogens with one attached hydrogen (secondary N) is 1. The molecule has 0 unspecified atom stereocenters. The number of aliphatic hydroxyl groups excluding tert-OH is 1. The number of aliphatic hydroxyl groups is 1. The molecule has 4 rings (SSSR count). The van der Waals surface area contributed by atoms with Gasteiger partial charge < -0.3 is 19.5 Å². The molecule has 0 bridgehead atoms. The van der Waals surface area contributed by atoms with Crippen LogP contribution in [-0.2, 0) is 14.3 Å². The number of aryl methyl sites for hydroxylation is 2. The standard InChI is InChI=1S/C23H28N4O5/c1-14-18(15(2)25-24-14)21(28)19-20(16-4-6-17(31-3)7-5-16)27(23(30)22(19)29)9-8-26-10-12-32-13-11-26/h4-7,20,28H,8-13H2,1-3H3,(H,24,25)/b21-19+/t20-/m0/s1. The van der Waals surface area contributed by atoms with Gasteiger partial charge in [0.1, 0.15) is 11.5 Å². The molecular weight excluding hydrogens is 412 g/mol. The molecule has 0 spiro atoms. The van der Waals surface area contributed by atoms with Crippen molar-refractivity contribution in [1.82, 2.24) is 20.0 Å². The van der Waals surface area contributed by atoms with Gasteiger partial charge in [-0.05, 0) is 31.5 Å². The third kappa shape index (κ3) is 4.01. The van der Waals surface area contributed by atoms with Crippen molar-refractivity contribution in [3.05, 3.63) is 52.4 Å². The Labute approximate surface area is 186 Å². The summed E-state index contributed by atoms with van der Waals surface area (Å²) in [6.07, 6.45) is 0. The molecule has 2 saturated heterocycles. The number of aromatic nitrogens is 2. The fourth-order valence-corrected chi connectivity index (χ4v) is 4.35. The van der Waals surface area contributed by atoms with Crippen LogP contribution in [0.5, 0.6) is 5.75 Å². The van der Waals surface area contributed by atoms with E-state index in [1.165, 1.54) is 0 Å². The molecule has 2 fully saturated rings. The predicted octanol–water partition coefficient (Wildman–Crippen LogP) is 1.79. The maximum absolute atomic E-state index is 13.1. The summed E-state index contributed by atoms with van der Waals surface area (Å²) in [5.74, 6) is -0.841. The van der Waals surface area contributed by atoms with Crippen molar-refractivity contribution < 1.29 is 24.2 Å². The lowest BCUT2D eigenvalue weighted by molar-refractivity contribution is -0.140. The Bertz CT molecular complexity index is 1020. The first-order chi connectivity index (χ1) is 15.4. The summed E-state index contributed by atoms with van der Waals surface area (Å²) in [4.78, 5) is 30.0. The minimum Gasteiger partial charge on any atom is -0.507 e. The SMILES string of the molecule is COc1ccc([C@H]2/C(=C(\O)c3c(C)n[nH]c3C)C(=O)C(=O)N2CCN2CCOCC2)cc1. The molecule has 9 nitrogen and oxygen atoms in total. The molecule has 1 aromatic carbocycles. The molecule has 32 heavy (non-hydrogen) atoms. The first kappa shape index (κ1) is 22.0. The third-order valence-corrected chi connectivity index (χ3v) is 6.10. The van der Waals surface area contributed by atoms with Crippen LogP contribution in [0.2, 0.25) is 0 Å². The Morgan fingerprint density at radius 1 is 1.19 bits per heavy atom. The fraction of sp³-hybridized carbons (Fsp3) is 0.435. The zero-order valence-electron chi connectivity index (χ0n) is 18.6. The second-order valence-electron chi connectivity index (χ2n) is 8.03. The zero-order chi connectivity index (χ0) is 22.8. The molecule has 2 aromatic rings. The topological polar surface area (TPSA) is 108 Å². The highest BCUT2D eigenvalue weighted by atomic mass is 16.5. The number of morpholine rings is 1. The first-order valence-corrected chi connectivity index (χ1v) is 10.7. The second kappa shape index (κ2) is 9.13. The highest BCUT2D eigenvalue weighted by molar-refractivity contribution is 6.46. The van der Waals surface area contributed by atoms with E-state index in [1.54, 1.807) is 38.0 Å². The minimum absolute atomic E-state index is 0.0785. The Kier molecular flexibility index (Phi) is 6.29. The van der Waals surface area contributed by atoms with E-state index in [4.69, 9.17) is 9.47 Å². The smallest absolute Gasteiger partial charge is 0.295 e. The summed E-state index contributed by atoms with van der Waals surface area (Å²) in [7, 11) is 1.58. The lowest BCUT2D eigenvalue weighted by Crippen LogP contribution is -2.42. The Morgan fingerprint density at radius 3 is 2.47 bits per heavy atom. The number of H-pyrrole nitrogens is 1. The quantitative estimate of drug-likeness (QED) is 0.401. The van der Waals surface area contributed by atoms with E-state index in [0.29, 0.717) is 49.0 Å². The van der Waals surface area contributed by atoms with Gasteiger partial charge in [0.15, 0.2) is 0 Å². The summed E-state index contributed by atoms with van der Waals surface area (Å²) in [5, 5.41) is 18.1. The number of aromatic amines is 1. The average molecular weight is 441 g/mol. The van der Waals surface area contributed by atoms with E-state index >= 15 is 0 Å². The number of methoxy groups -OCH3 is 1. The normalized spacial score (nSPS) is 21.3. The van der Waals surface area contributed by atoms with Crippen LogP contribution >= 0.6 is 0 Å². The molecule has 9 heteroatoms. The molecule has 2 N–H and O–H groups in total. The average Bonchev–Trinajstić information content (AvgIpc) is 3.28. The van der Waals surface area contributed by atoms with Crippen molar-refractivity contribution >= 4 is 17.4 Å². The molecule has 1 amide bonds. The van der Waals surface area contributed by atoms with Crippen LogP contribution < -0.4 is 4.74 Å². The van der Waals surface area contributed by atoms with E-state index < -0.39 is 17.7 Å². The van der Waals surface area contributed by atoms with Gasteiger partial charge in [0, 0.05) is 31.9 Å². The maximum atomic E-state index is 13.1. The van der Waals surface area contributed by atoms with Gasteiger partial charge in [0.05, 0.1) is 43.2 Å². The second-order valence-corrected chi connectivity index (χ2v) is 8.03. The van der Waals surface area contributed by atoms with Crippen molar-refractivity contribution in [2.24, 2.45) is 0 Å². The van der Waals surface area contributed by atoms with Gasteiger partial charge in [0.25, 0.3) is 11.7 Å². The summed E-state index contributed by atoms with van der Waals surface area (Å²) in [6.45, 7) is 7.37. The summed E-state index contributed by atoms with van der Waals surface area (Å²) in [5.41, 5.74) is 2.46. The largest absolute Gasteiger partial charge is 0.507 e. The number of rotatable bonds is 6. The molecule has 0 radical (unpaired) electrons. The molecule has 0 aliphatic carbocycles. The predicted molar refractivity (Wildman–Crippen MR) is 117 cm³/mol. The molecule has 170 valence electrons. The molecule has 2 aliphatic rings. The highest BCUT2D eigenvalue weighted by Crippen LogP contribution is 2.40. The van der Waals surface area contributed by atoms with E-state index in [1.807, 2.05) is 12.1 Å². The van der Waals surface area contributed by atoms with E-state index in [-0.39, 0.29) is 11.3 Å². The highest BCUT2D eigenvalue weighted by Gasteiger charge is 2.46. The van der Waals surface area contributed by atoms with Gasteiger partial charge >= 0.3 is 0 Å². The van der Waals surface area contributed by atoms with Gasteiger partial charge in [-0.3, -0.25) is 19.6 Å². The van der Waals surface area contributed by atoms with Gasteiger partial charge in [-0.25, -0.2) is 0 Å². The third-order valence-electron chi connectivity index (χ3n) is 6.10. The fourth-order valence-electron chi connectivity index (χ4n) is 4.35. The Hall–Kier alpha value is -3.17. The number of likely N-dealkylation sites (tertiary alicyclic amines) is 1. The molecule has 1 atom stereocenters. The van der Waals surface area contributed by atoms with Crippen molar-refractivity contribution in [1.29, 1.82) is 0 Å². The van der Waals surface area contributed by atoms with Crippen molar-refractivity contribution in [2.45, 2.75) is 19.9 Å². The lowest BCUT2D eigenvalue weighted by Gasteiger charge is -2.31. The van der Waals surface area contributed by atoms with Crippen LogP contribution in [-0.4, -0.2) is 83.3 Å². The lowest BCUT2D eigenvalue weighted by atomic mass is 9.94. The van der Waals surface area contributed by atoms with Crippen molar-refractivity contribution in [2.75, 3.05) is 46.5 Å². The maximum Gasteiger partial charge on any atom is 0.295 e. The zero-order valence-corrected chi connectivity index (χ0v) is 18.6. The number of hydrogen-bond donors (Lipinski definition) is 2. The Morgan fingerprint density at radius 2 is 1.88 bits per heavy atom. The van der Waals surface area contributed by atoms with E-state index in [9.17, 15) is 14.7 Å². The number of amides is 1. The van der Waals surface area contributed by atoms with Crippen LogP contribution in [0.3, 0.4) is 0 Å². The molecule has 3 heterocycles. The molecule has 0 saturated carbocycles. The van der Waals surface area contributed by atoms with Crippen LogP contribution in [0.15, 0.2) is 29.8 Å². The van der Waals surface area contributed by atoms with Gasteiger partial charge in [-0.1, -0.05) is 12.1 Å². The van der Waals surface area contributed by atoms with Crippen molar-refractivity contribution in [3.8, 4) is 5.75 Å². The minimum atomic E-state index is -0.698. The van der Waals surface area contributed by atoms with E-state index in [0.717, 1.165) is 18.7 Å². The number of carbonyl (C=O) groups excluding carboxylic acids is 2. The Balaban J connectivity index is 1.75. The molecule has 2 aliphatic heterocycles. The summed E-state index contributed by atoms with van der Waals surface area (Å²) in [6, 6.07) is 6.51. The van der Waals surface area contributed by atoms with Gasteiger partial charge in [0.2, 0.25) is 0 Å².